The zero-order chi connectivity index (χ0) is 15.9. The van der Waals surface area contributed by atoms with Gasteiger partial charge in [0, 0.05) is 12.5 Å². The summed E-state index contributed by atoms with van der Waals surface area (Å²) in [5, 5.41) is 5.34. The molecule has 1 aliphatic rings. The molecule has 2 rings (SSSR count). The molecule has 1 aliphatic heterocycles. The molecule has 1 saturated heterocycles. The minimum Gasteiger partial charge on any atom is -0.356 e. The summed E-state index contributed by atoms with van der Waals surface area (Å²) in [7, 11) is 0. The summed E-state index contributed by atoms with van der Waals surface area (Å²) in [5.41, 5.74) is 6.84. The van der Waals surface area contributed by atoms with Crippen molar-refractivity contribution >= 4 is 18.1 Å². The van der Waals surface area contributed by atoms with Crippen LogP contribution in [0.15, 0.2) is 30.3 Å². The Hall–Kier alpha value is -2.21. The lowest BCUT2D eigenvalue weighted by Crippen LogP contribution is -2.47. The Morgan fingerprint density at radius 3 is 2.73 bits per heavy atom. The lowest BCUT2D eigenvalue weighted by atomic mass is 9.98. The van der Waals surface area contributed by atoms with E-state index in [0.717, 1.165) is 5.56 Å². The van der Waals surface area contributed by atoms with Crippen LogP contribution >= 0.6 is 0 Å². The van der Waals surface area contributed by atoms with Crippen molar-refractivity contribution in [3.63, 3.8) is 0 Å². The standard InChI is InChI=1S/C16H21N3O3/c17-14(8-11-4-2-1-3-5-11)16(22)19-13(10-20)9-12-6-7-18-15(12)21/h1-5,10,12-14H,6-9,17H2,(H,18,21)(H,19,22). The first-order valence-electron chi connectivity index (χ1n) is 7.43. The number of amides is 2. The van der Waals surface area contributed by atoms with Crippen LogP contribution in [0.2, 0.25) is 0 Å². The predicted molar refractivity (Wildman–Crippen MR) is 81.8 cm³/mol. The van der Waals surface area contributed by atoms with Crippen molar-refractivity contribution in [2.75, 3.05) is 6.54 Å². The van der Waals surface area contributed by atoms with Crippen LogP contribution in [-0.2, 0) is 20.8 Å². The van der Waals surface area contributed by atoms with Gasteiger partial charge >= 0.3 is 0 Å². The van der Waals surface area contributed by atoms with Crippen molar-refractivity contribution in [3.05, 3.63) is 35.9 Å². The van der Waals surface area contributed by atoms with Gasteiger partial charge < -0.3 is 21.2 Å². The zero-order valence-electron chi connectivity index (χ0n) is 12.3. The Morgan fingerprint density at radius 2 is 2.14 bits per heavy atom. The molecule has 0 spiro atoms. The second-order valence-electron chi connectivity index (χ2n) is 5.56. The number of rotatable bonds is 7. The molecular weight excluding hydrogens is 282 g/mol. The maximum Gasteiger partial charge on any atom is 0.237 e. The number of carbonyl (C=O) groups excluding carboxylic acids is 3. The smallest absolute Gasteiger partial charge is 0.237 e. The van der Waals surface area contributed by atoms with E-state index in [-0.39, 0.29) is 17.7 Å². The van der Waals surface area contributed by atoms with Gasteiger partial charge in [-0.1, -0.05) is 30.3 Å². The summed E-state index contributed by atoms with van der Waals surface area (Å²) in [6, 6.07) is 8.05. The molecular formula is C16H21N3O3. The van der Waals surface area contributed by atoms with E-state index in [1.165, 1.54) is 0 Å². The van der Waals surface area contributed by atoms with Crippen molar-refractivity contribution in [1.82, 2.24) is 10.6 Å². The number of carbonyl (C=O) groups is 3. The number of nitrogens with one attached hydrogen (secondary N) is 2. The van der Waals surface area contributed by atoms with Crippen molar-refractivity contribution in [2.24, 2.45) is 11.7 Å². The highest BCUT2D eigenvalue weighted by atomic mass is 16.2. The third-order valence-corrected chi connectivity index (χ3v) is 3.83. The lowest BCUT2D eigenvalue weighted by Gasteiger charge is -2.18. The first kappa shape index (κ1) is 16.2. The van der Waals surface area contributed by atoms with Gasteiger partial charge in [0.05, 0.1) is 12.1 Å². The van der Waals surface area contributed by atoms with Crippen molar-refractivity contribution in [3.8, 4) is 0 Å². The third kappa shape index (κ3) is 4.39. The summed E-state index contributed by atoms with van der Waals surface area (Å²) in [5.74, 6) is -0.658. The lowest BCUT2D eigenvalue weighted by molar-refractivity contribution is -0.127. The minimum atomic E-state index is -0.720. The van der Waals surface area contributed by atoms with E-state index in [1.54, 1.807) is 0 Å². The molecule has 1 aromatic rings. The first-order valence-corrected chi connectivity index (χ1v) is 7.43. The molecule has 22 heavy (non-hydrogen) atoms. The van der Waals surface area contributed by atoms with Gasteiger partial charge in [-0.25, -0.2) is 0 Å². The van der Waals surface area contributed by atoms with Crippen LogP contribution in [0, 0.1) is 5.92 Å². The highest BCUT2D eigenvalue weighted by molar-refractivity contribution is 5.85. The predicted octanol–water partition coefficient (Wildman–Crippen LogP) is -0.234. The molecule has 0 saturated carbocycles. The van der Waals surface area contributed by atoms with E-state index >= 15 is 0 Å². The summed E-state index contributed by atoms with van der Waals surface area (Å²) in [4.78, 5) is 34.7. The van der Waals surface area contributed by atoms with Crippen LogP contribution in [0.25, 0.3) is 0 Å². The average Bonchev–Trinajstić information content (AvgIpc) is 2.92. The molecule has 1 aromatic carbocycles. The number of nitrogens with two attached hydrogens (primary N) is 1. The highest BCUT2D eigenvalue weighted by Gasteiger charge is 2.28. The Kier molecular flexibility index (Phi) is 5.66. The maximum atomic E-state index is 12.1. The number of hydrogen-bond acceptors (Lipinski definition) is 4. The topological polar surface area (TPSA) is 101 Å². The van der Waals surface area contributed by atoms with E-state index in [1.807, 2.05) is 30.3 Å². The van der Waals surface area contributed by atoms with Gasteiger partial charge in [-0.05, 0) is 24.8 Å². The monoisotopic (exact) mass is 303 g/mol. The number of aldehydes is 1. The average molecular weight is 303 g/mol. The van der Waals surface area contributed by atoms with E-state index in [0.29, 0.717) is 32.1 Å². The van der Waals surface area contributed by atoms with Gasteiger partial charge in [0.25, 0.3) is 0 Å². The molecule has 0 radical (unpaired) electrons. The largest absolute Gasteiger partial charge is 0.356 e. The molecule has 3 atom stereocenters. The van der Waals surface area contributed by atoms with Crippen LogP contribution in [0.3, 0.4) is 0 Å². The third-order valence-electron chi connectivity index (χ3n) is 3.83. The second kappa shape index (κ2) is 7.70. The van der Waals surface area contributed by atoms with E-state index in [2.05, 4.69) is 10.6 Å². The highest BCUT2D eigenvalue weighted by Crippen LogP contribution is 2.15. The number of hydrogen-bond donors (Lipinski definition) is 3. The summed E-state index contributed by atoms with van der Waals surface area (Å²) in [6.45, 7) is 0.622. The molecule has 1 heterocycles. The van der Waals surface area contributed by atoms with Crippen molar-refractivity contribution in [1.29, 1.82) is 0 Å². The van der Waals surface area contributed by atoms with Gasteiger partial charge in [0.1, 0.15) is 6.29 Å². The molecule has 3 unspecified atom stereocenters. The van der Waals surface area contributed by atoms with Crippen LogP contribution in [-0.4, -0.2) is 36.7 Å². The fourth-order valence-corrected chi connectivity index (χ4v) is 2.58. The summed E-state index contributed by atoms with van der Waals surface area (Å²) < 4.78 is 0. The van der Waals surface area contributed by atoms with Crippen LogP contribution in [0.4, 0.5) is 0 Å². The molecule has 2 amide bonds. The van der Waals surface area contributed by atoms with Gasteiger partial charge in [-0.2, -0.15) is 0 Å². The molecule has 0 aliphatic carbocycles. The van der Waals surface area contributed by atoms with Crippen molar-refractivity contribution in [2.45, 2.75) is 31.3 Å². The normalized spacial score (nSPS) is 20.0. The van der Waals surface area contributed by atoms with Crippen LogP contribution in [0.5, 0.6) is 0 Å². The fourth-order valence-electron chi connectivity index (χ4n) is 2.58. The van der Waals surface area contributed by atoms with E-state index in [4.69, 9.17) is 5.73 Å². The second-order valence-corrected chi connectivity index (χ2v) is 5.56. The summed E-state index contributed by atoms with van der Waals surface area (Å²) in [6.07, 6.45) is 2.08. The Bertz CT molecular complexity index is 533. The zero-order valence-corrected chi connectivity index (χ0v) is 12.3. The fraction of sp³-hybridized carbons (Fsp3) is 0.438. The van der Waals surface area contributed by atoms with Gasteiger partial charge in [-0.15, -0.1) is 0 Å². The molecule has 4 N–H and O–H groups in total. The Balaban J connectivity index is 1.85. The molecule has 1 fully saturated rings. The Labute approximate surface area is 129 Å². The molecule has 0 aromatic heterocycles. The molecule has 0 bridgehead atoms. The van der Waals surface area contributed by atoms with Gasteiger partial charge in [0.15, 0.2) is 0 Å². The van der Waals surface area contributed by atoms with Crippen molar-refractivity contribution < 1.29 is 14.4 Å². The molecule has 6 nitrogen and oxygen atoms in total. The first-order chi connectivity index (χ1) is 10.6. The van der Waals surface area contributed by atoms with Crippen LogP contribution < -0.4 is 16.4 Å². The molecule has 6 heteroatoms. The van der Waals surface area contributed by atoms with E-state index < -0.39 is 12.1 Å². The van der Waals surface area contributed by atoms with Gasteiger partial charge in [-0.3, -0.25) is 9.59 Å². The molecule has 118 valence electrons. The summed E-state index contributed by atoms with van der Waals surface area (Å²) >= 11 is 0. The number of benzene rings is 1. The quantitative estimate of drug-likeness (QED) is 0.605. The maximum absolute atomic E-state index is 12.1. The van der Waals surface area contributed by atoms with Gasteiger partial charge in [0.2, 0.25) is 11.8 Å². The van der Waals surface area contributed by atoms with E-state index in [9.17, 15) is 14.4 Å². The van der Waals surface area contributed by atoms with Crippen LogP contribution in [0.1, 0.15) is 18.4 Å². The SMILES string of the molecule is NC(Cc1ccccc1)C(=O)NC(C=O)CC1CCNC1=O. The Morgan fingerprint density at radius 1 is 1.41 bits per heavy atom. The minimum absolute atomic E-state index is 0.0605.